The number of halogens is 2. The highest BCUT2D eigenvalue weighted by Gasteiger charge is 2.29. The maximum atomic E-state index is 13.7. The molecule has 1 atom stereocenters. The van der Waals surface area contributed by atoms with E-state index in [0.717, 1.165) is 11.0 Å². The number of benzene rings is 2. The van der Waals surface area contributed by atoms with Gasteiger partial charge in [0.25, 0.3) is 0 Å². The van der Waals surface area contributed by atoms with Crippen molar-refractivity contribution >= 4 is 35.5 Å². The second-order valence-electron chi connectivity index (χ2n) is 5.18. The van der Waals surface area contributed by atoms with E-state index >= 15 is 0 Å². The van der Waals surface area contributed by atoms with Crippen LogP contribution in [0.5, 0.6) is 0 Å². The van der Waals surface area contributed by atoms with Gasteiger partial charge in [0.05, 0.1) is 6.42 Å². The lowest BCUT2D eigenvalue weighted by Crippen LogP contribution is -2.00. The molecule has 2 aromatic carbocycles. The first-order valence-electron chi connectivity index (χ1n) is 6.89. The smallest absolute Gasteiger partial charge is 0.187 e. The number of allylic oxidation sites excluding steroid dienone is 4. The molecule has 0 radical (unpaired) electrons. The van der Waals surface area contributed by atoms with E-state index in [9.17, 15) is 8.78 Å². The van der Waals surface area contributed by atoms with Crippen molar-refractivity contribution in [1.29, 1.82) is 0 Å². The predicted molar refractivity (Wildman–Crippen MR) is 86.9 cm³/mol. The summed E-state index contributed by atoms with van der Waals surface area (Å²) < 4.78 is 29.7. The lowest BCUT2D eigenvalue weighted by molar-refractivity contribution is 0.399. The summed E-state index contributed by atoms with van der Waals surface area (Å²) in [4.78, 5) is 0.847. The number of thiophene rings is 1. The third kappa shape index (κ3) is 2.00. The van der Waals surface area contributed by atoms with Crippen LogP contribution in [0.4, 0.5) is 8.78 Å². The molecule has 1 unspecified atom stereocenters. The van der Waals surface area contributed by atoms with Crippen molar-refractivity contribution in [3.63, 3.8) is 0 Å². The zero-order chi connectivity index (χ0) is 14.4. The average Bonchev–Trinajstić information content (AvgIpc) is 2.81. The summed E-state index contributed by atoms with van der Waals surface area (Å²) in [5.41, 5.74) is 0. The molecule has 0 fully saturated rings. The van der Waals surface area contributed by atoms with Gasteiger partial charge in [-0.2, -0.15) is 0 Å². The topological polar surface area (TPSA) is 0 Å². The Morgan fingerprint density at radius 3 is 2.05 bits per heavy atom. The normalized spacial score (nSPS) is 18.9. The molecule has 1 heterocycles. The van der Waals surface area contributed by atoms with E-state index < -0.39 is 12.0 Å². The molecule has 0 N–H and O–H groups in total. The Balaban J connectivity index is 2.09. The van der Waals surface area contributed by atoms with E-state index in [4.69, 9.17) is 0 Å². The summed E-state index contributed by atoms with van der Waals surface area (Å²) in [6.07, 6.45) is 1.62. The molecule has 3 aromatic rings. The van der Waals surface area contributed by atoms with Crippen molar-refractivity contribution < 1.29 is 8.78 Å². The number of fused-ring (bicyclic) bond motifs is 3. The molecule has 104 valence electrons. The van der Waals surface area contributed by atoms with Gasteiger partial charge in [0.2, 0.25) is 0 Å². The van der Waals surface area contributed by atoms with E-state index in [1.807, 2.05) is 24.3 Å². The zero-order valence-corrected chi connectivity index (χ0v) is 12.0. The van der Waals surface area contributed by atoms with E-state index in [2.05, 4.69) is 24.3 Å². The minimum absolute atomic E-state index is 0.277. The number of hydrogen-bond donors (Lipinski definition) is 0. The largest absolute Gasteiger partial charge is 0.242 e. The van der Waals surface area contributed by atoms with Crippen molar-refractivity contribution in [2.24, 2.45) is 0 Å². The summed E-state index contributed by atoms with van der Waals surface area (Å²) in [5.74, 6) is -0.460. The first-order chi connectivity index (χ1) is 10.2. The molecule has 0 nitrogen and oxygen atoms in total. The van der Waals surface area contributed by atoms with Crippen LogP contribution in [-0.4, -0.2) is 6.17 Å². The third-order valence-corrected chi connectivity index (χ3v) is 6.20. The highest BCUT2D eigenvalue weighted by molar-refractivity contribution is 7.53. The molecule has 0 spiro atoms. The van der Waals surface area contributed by atoms with Gasteiger partial charge in [-0.1, -0.05) is 24.3 Å². The summed E-state index contributed by atoms with van der Waals surface area (Å²) in [6.45, 7) is 0. The molecule has 21 heavy (non-hydrogen) atoms. The molecule has 0 saturated heterocycles. The van der Waals surface area contributed by atoms with Crippen molar-refractivity contribution in [2.45, 2.75) is 12.6 Å². The molecule has 3 heteroatoms. The van der Waals surface area contributed by atoms with Crippen LogP contribution in [0.1, 0.15) is 6.42 Å². The number of alkyl halides is 1. The van der Waals surface area contributed by atoms with Gasteiger partial charge < -0.3 is 0 Å². The second kappa shape index (κ2) is 4.78. The monoisotopic (exact) mass is 299 g/mol. The molecular weight excluding hydrogens is 286 g/mol. The molecule has 0 amide bonds. The van der Waals surface area contributed by atoms with E-state index in [0.29, 0.717) is 0 Å². The van der Waals surface area contributed by atoms with Crippen LogP contribution in [-0.2, 0) is 0 Å². The lowest BCUT2D eigenvalue weighted by Gasteiger charge is -2.07. The van der Waals surface area contributed by atoms with Gasteiger partial charge in [0.15, 0.2) is 14.3 Å². The average molecular weight is 299 g/mol. The Morgan fingerprint density at radius 1 is 0.905 bits per heavy atom. The van der Waals surface area contributed by atoms with Crippen molar-refractivity contribution in [2.75, 3.05) is 0 Å². The first kappa shape index (κ1) is 12.7. The van der Waals surface area contributed by atoms with Gasteiger partial charge in [-0.05, 0) is 30.3 Å². The highest BCUT2D eigenvalue weighted by Crippen LogP contribution is 2.50. The molecular formula is C18H13F2S+. The Hall–Kier alpha value is -2.00. The van der Waals surface area contributed by atoms with Crippen LogP contribution in [0.25, 0.3) is 25.1 Å². The quantitative estimate of drug-likeness (QED) is 0.471. The summed E-state index contributed by atoms with van der Waals surface area (Å²) in [7, 11) is -0.365. The summed E-state index contributed by atoms with van der Waals surface area (Å²) >= 11 is 0. The minimum Gasteiger partial charge on any atom is -0.242 e. The molecule has 0 saturated carbocycles. The maximum absolute atomic E-state index is 13.7. The Bertz CT molecular complexity index is 849. The van der Waals surface area contributed by atoms with Crippen LogP contribution in [0.2, 0.25) is 0 Å². The standard InChI is InChI=1S/C18H13F2S/c19-12-9-13(20)11-14(10-12)21-17-7-3-1-5-15(17)16-6-2-4-8-18(16)21/h1-10,13H,11H2/q+1. The van der Waals surface area contributed by atoms with Gasteiger partial charge >= 0.3 is 0 Å². The van der Waals surface area contributed by atoms with Crippen molar-refractivity contribution in [3.8, 4) is 0 Å². The van der Waals surface area contributed by atoms with Crippen molar-refractivity contribution in [3.05, 3.63) is 66.5 Å². The van der Waals surface area contributed by atoms with E-state index in [1.54, 1.807) is 0 Å². The fourth-order valence-electron chi connectivity index (χ4n) is 2.96. The molecule has 4 rings (SSSR count). The van der Waals surface area contributed by atoms with Crippen LogP contribution in [0.15, 0.2) is 66.5 Å². The summed E-state index contributed by atoms with van der Waals surface area (Å²) in [6, 6.07) is 16.3. The van der Waals surface area contributed by atoms with E-state index in [-0.39, 0.29) is 16.9 Å². The molecule has 1 aliphatic rings. The van der Waals surface area contributed by atoms with Gasteiger partial charge in [0, 0.05) is 27.3 Å². The zero-order valence-electron chi connectivity index (χ0n) is 11.2. The lowest BCUT2D eigenvalue weighted by atomic mass is 10.1. The molecule has 1 aromatic heterocycles. The fraction of sp³-hybridized carbons (Fsp3) is 0.111. The van der Waals surface area contributed by atoms with Crippen LogP contribution in [0.3, 0.4) is 0 Å². The predicted octanol–water partition coefficient (Wildman–Crippen LogP) is 6.18. The van der Waals surface area contributed by atoms with Gasteiger partial charge in [-0.3, -0.25) is 0 Å². The van der Waals surface area contributed by atoms with Gasteiger partial charge in [-0.15, -0.1) is 0 Å². The van der Waals surface area contributed by atoms with Gasteiger partial charge in [0.1, 0.15) is 12.0 Å². The Morgan fingerprint density at radius 2 is 1.48 bits per heavy atom. The molecule has 0 aliphatic heterocycles. The maximum Gasteiger partial charge on any atom is 0.187 e. The van der Waals surface area contributed by atoms with Crippen molar-refractivity contribution in [1.82, 2.24) is 0 Å². The molecule has 0 bridgehead atoms. The van der Waals surface area contributed by atoms with Crippen LogP contribution in [0, 0.1) is 0 Å². The SMILES string of the molecule is FC1=CC(F)CC([s+]2c3ccccc3c3ccccc32)=C1. The number of rotatable bonds is 1. The summed E-state index contributed by atoms with van der Waals surface area (Å²) in [5, 5.41) is 2.37. The second-order valence-corrected chi connectivity index (χ2v) is 7.20. The third-order valence-electron chi connectivity index (χ3n) is 3.80. The highest BCUT2D eigenvalue weighted by atomic mass is 32.2. The fourth-order valence-corrected chi connectivity index (χ4v) is 5.55. The van der Waals surface area contributed by atoms with Crippen LogP contribution < -0.4 is 0 Å². The first-order valence-corrected chi connectivity index (χ1v) is 8.11. The van der Waals surface area contributed by atoms with Gasteiger partial charge in [-0.25, -0.2) is 8.78 Å². The Labute approximate surface area is 124 Å². The van der Waals surface area contributed by atoms with E-state index in [1.165, 1.54) is 26.2 Å². The number of hydrogen-bond acceptors (Lipinski definition) is 0. The van der Waals surface area contributed by atoms with Crippen LogP contribution >= 0.6 is 10.5 Å². The Kier molecular flexibility index (Phi) is 2.89. The molecule has 1 aliphatic carbocycles. The minimum atomic E-state index is -1.22.